The van der Waals surface area contributed by atoms with E-state index in [-0.39, 0.29) is 12.2 Å². The maximum absolute atomic E-state index is 13.4. The van der Waals surface area contributed by atoms with Crippen LogP contribution in [-0.4, -0.2) is 42.9 Å². The van der Waals surface area contributed by atoms with Crippen LogP contribution >= 0.6 is 0 Å². The lowest BCUT2D eigenvalue weighted by atomic mass is 10.2. The summed E-state index contributed by atoms with van der Waals surface area (Å²) in [5.74, 6) is 0. The first-order valence-electron chi connectivity index (χ1n) is 5.48. The average Bonchev–Trinajstić information content (AvgIpc) is 2.52. The topological polar surface area (TPSA) is 12.5 Å². The molecule has 1 aliphatic heterocycles. The van der Waals surface area contributed by atoms with Gasteiger partial charge >= 0.3 is 0 Å². The van der Waals surface area contributed by atoms with E-state index in [0.717, 1.165) is 13.1 Å². The van der Waals surface area contributed by atoms with Gasteiger partial charge in [-0.2, -0.15) is 0 Å². The van der Waals surface area contributed by atoms with Crippen molar-refractivity contribution >= 4 is 0 Å². The number of hydrogen-bond donors (Lipinski definition) is 0. The minimum Gasteiger partial charge on any atom is -0.373 e. The molecule has 14 heavy (non-hydrogen) atoms. The van der Waals surface area contributed by atoms with Crippen molar-refractivity contribution in [2.75, 3.05) is 26.2 Å². The maximum atomic E-state index is 13.4. The van der Waals surface area contributed by atoms with E-state index in [0.29, 0.717) is 6.54 Å². The van der Waals surface area contributed by atoms with Gasteiger partial charge in [-0.15, -0.1) is 0 Å². The summed E-state index contributed by atoms with van der Waals surface area (Å²) in [6.45, 7) is 8.72. The molecule has 0 aromatic carbocycles. The van der Waals surface area contributed by atoms with Crippen LogP contribution in [-0.2, 0) is 4.74 Å². The van der Waals surface area contributed by atoms with Gasteiger partial charge in [0.15, 0.2) is 0 Å². The Bertz CT molecular complexity index is 161. The van der Waals surface area contributed by atoms with Crippen LogP contribution < -0.4 is 0 Å². The number of hydrogen-bond acceptors (Lipinski definition) is 2. The molecule has 0 saturated carbocycles. The molecule has 1 unspecified atom stereocenters. The summed E-state index contributed by atoms with van der Waals surface area (Å²) in [5.41, 5.74) is -0.227. The molecule has 0 spiro atoms. The van der Waals surface area contributed by atoms with E-state index >= 15 is 0 Å². The second-order valence-electron chi connectivity index (χ2n) is 5.03. The molecule has 0 aromatic rings. The van der Waals surface area contributed by atoms with Crippen molar-refractivity contribution in [2.24, 2.45) is 0 Å². The van der Waals surface area contributed by atoms with Gasteiger partial charge in [0.05, 0.1) is 12.2 Å². The SMILES string of the molecule is CC(C)(C)OCC(F)CN1CCCC1. The fraction of sp³-hybridized carbons (Fsp3) is 1.00. The van der Waals surface area contributed by atoms with E-state index in [1.807, 2.05) is 20.8 Å². The highest BCUT2D eigenvalue weighted by Gasteiger charge is 2.19. The van der Waals surface area contributed by atoms with E-state index < -0.39 is 6.17 Å². The monoisotopic (exact) mass is 203 g/mol. The third-order valence-electron chi connectivity index (χ3n) is 2.35. The number of likely N-dealkylation sites (tertiary alicyclic amines) is 1. The molecule has 2 nitrogen and oxygen atoms in total. The molecule has 0 radical (unpaired) electrons. The molecule has 3 heteroatoms. The Hall–Kier alpha value is -0.150. The summed E-state index contributed by atoms with van der Waals surface area (Å²) in [7, 11) is 0. The second-order valence-corrected chi connectivity index (χ2v) is 5.03. The first-order chi connectivity index (χ1) is 6.47. The molecule has 1 heterocycles. The molecule has 84 valence electrons. The maximum Gasteiger partial charge on any atom is 0.136 e. The lowest BCUT2D eigenvalue weighted by Gasteiger charge is -2.23. The van der Waals surface area contributed by atoms with Crippen molar-refractivity contribution in [1.82, 2.24) is 4.90 Å². The first-order valence-corrected chi connectivity index (χ1v) is 5.48. The van der Waals surface area contributed by atoms with Gasteiger partial charge in [-0.05, 0) is 46.7 Å². The zero-order valence-electron chi connectivity index (χ0n) is 9.55. The quantitative estimate of drug-likeness (QED) is 0.694. The highest BCUT2D eigenvalue weighted by atomic mass is 19.1. The number of ether oxygens (including phenoxy) is 1. The molecular weight excluding hydrogens is 181 g/mol. The highest BCUT2D eigenvalue weighted by molar-refractivity contribution is 4.71. The Morgan fingerprint density at radius 3 is 2.36 bits per heavy atom. The Balaban J connectivity index is 2.12. The fourth-order valence-electron chi connectivity index (χ4n) is 1.64. The Labute approximate surface area is 86.4 Å². The van der Waals surface area contributed by atoms with Crippen LogP contribution in [0.25, 0.3) is 0 Å². The Morgan fingerprint density at radius 1 is 1.29 bits per heavy atom. The van der Waals surface area contributed by atoms with Crippen LogP contribution in [0, 0.1) is 0 Å². The number of halogens is 1. The summed E-state index contributed by atoms with van der Waals surface area (Å²) in [6, 6.07) is 0. The molecular formula is C11H22FNO. The van der Waals surface area contributed by atoms with E-state index in [9.17, 15) is 4.39 Å². The highest BCUT2D eigenvalue weighted by Crippen LogP contribution is 2.12. The summed E-state index contributed by atoms with van der Waals surface area (Å²) in [4.78, 5) is 2.18. The van der Waals surface area contributed by atoms with Crippen molar-refractivity contribution < 1.29 is 9.13 Å². The summed E-state index contributed by atoms with van der Waals surface area (Å²) in [5, 5.41) is 0. The van der Waals surface area contributed by atoms with E-state index in [1.54, 1.807) is 0 Å². The summed E-state index contributed by atoms with van der Waals surface area (Å²) in [6.07, 6.45) is 1.59. The zero-order valence-corrected chi connectivity index (χ0v) is 9.55. The van der Waals surface area contributed by atoms with E-state index in [2.05, 4.69) is 4.90 Å². The molecule has 1 saturated heterocycles. The van der Waals surface area contributed by atoms with Crippen molar-refractivity contribution in [3.05, 3.63) is 0 Å². The minimum absolute atomic E-state index is 0.222. The van der Waals surface area contributed by atoms with Gasteiger partial charge in [-0.25, -0.2) is 4.39 Å². The predicted molar refractivity (Wildman–Crippen MR) is 56.3 cm³/mol. The lowest BCUT2D eigenvalue weighted by Crippen LogP contribution is -2.33. The van der Waals surface area contributed by atoms with Gasteiger partial charge in [0, 0.05) is 6.54 Å². The van der Waals surface area contributed by atoms with E-state index in [4.69, 9.17) is 4.74 Å². The third kappa shape index (κ3) is 4.91. The predicted octanol–water partition coefficient (Wildman–Crippen LogP) is 2.24. The van der Waals surface area contributed by atoms with Gasteiger partial charge in [0.1, 0.15) is 6.17 Å². The summed E-state index contributed by atoms with van der Waals surface area (Å²) < 4.78 is 18.8. The number of alkyl halides is 1. The molecule has 1 atom stereocenters. The van der Waals surface area contributed by atoms with Crippen LogP contribution in [0.2, 0.25) is 0 Å². The lowest BCUT2D eigenvalue weighted by molar-refractivity contribution is -0.0337. The zero-order chi connectivity index (χ0) is 10.6. The average molecular weight is 203 g/mol. The molecule has 0 aromatic heterocycles. The van der Waals surface area contributed by atoms with Gasteiger partial charge in [0.25, 0.3) is 0 Å². The molecule has 1 rings (SSSR count). The first kappa shape index (κ1) is 11.9. The molecule has 0 N–H and O–H groups in total. The van der Waals surface area contributed by atoms with Gasteiger partial charge < -0.3 is 9.64 Å². The third-order valence-corrected chi connectivity index (χ3v) is 2.35. The molecule has 0 bridgehead atoms. The largest absolute Gasteiger partial charge is 0.373 e. The normalized spacial score (nSPS) is 21.4. The smallest absolute Gasteiger partial charge is 0.136 e. The van der Waals surface area contributed by atoms with Crippen molar-refractivity contribution in [3.8, 4) is 0 Å². The summed E-state index contributed by atoms with van der Waals surface area (Å²) >= 11 is 0. The van der Waals surface area contributed by atoms with Gasteiger partial charge in [-0.1, -0.05) is 0 Å². The van der Waals surface area contributed by atoms with Crippen molar-refractivity contribution in [3.63, 3.8) is 0 Å². The van der Waals surface area contributed by atoms with Crippen LogP contribution in [0.5, 0.6) is 0 Å². The Morgan fingerprint density at radius 2 is 1.86 bits per heavy atom. The Kier molecular flexibility index (Phi) is 4.32. The molecule has 1 aliphatic rings. The minimum atomic E-state index is -0.840. The number of nitrogens with zero attached hydrogens (tertiary/aromatic N) is 1. The standard InChI is InChI=1S/C11H22FNO/c1-11(2,3)14-9-10(12)8-13-6-4-5-7-13/h10H,4-9H2,1-3H3. The van der Waals surface area contributed by atoms with Crippen LogP contribution in [0.3, 0.4) is 0 Å². The van der Waals surface area contributed by atoms with Crippen molar-refractivity contribution in [1.29, 1.82) is 0 Å². The van der Waals surface area contributed by atoms with Crippen LogP contribution in [0.4, 0.5) is 4.39 Å². The molecule has 1 fully saturated rings. The van der Waals surface area contributed by atoms with Crippen LogP contribution in [0.15, 0.2) is 0 Å². The van der Waals surface area contributed by atoms with Crippen LogP contribution in [0.1, 0.15) is 33.6 Å². The second kappa shape index (κ2) is 5.08. The van der Waals surface area contributed by atoms with Gasteiger partial charge in [-0.3, -0.25) is 0 Å². The molecule has 0 amide bonds. The van der Waals surface area contributed by atoms with Crippen molar-refractivity contribution in [2.45, 2.75) is 45.4 Å². The fourth-order valence-corrected chi connectivity index (χ4v) is 1.64. The molecule has 0 aliphatic carbocycles. The van der Waals surface area contributed by atoms with E-state index in [1.165, 1.54) is 12.8 Å². The van der Waals surface area contributed by atoms with Gasteiger partial charge in [0.2, 0.25) is 0 Å². The number of rotatable bonds is 4.